The average molecular weight is 330 g/mol. The van der Waals surface area contributed by atoms with Crippen molar-refractivity contribution in [3.63, 3.8) is 0 Å². The van der Waals surface area contributed by atoms with Crippen LogP contribution in [0.4, 0.5) is 0 Å². The number of aliphatic hydroxyl groups excluding tert-OH is 1. The fourth-order valence-electron chi connectivity index (χ4n) is 0.627. The Morgan fingerprint density at radius 1 is 1.64 bits per heavy atom. The second-order valence-corrected chi connectivity index (χ2v) is 6.09. The standard InChI is InChI=1S/C5H4BrClO4S2.Na/c6-2-1-3(12-4(2)7)5(8)13(9,10)11;/h1,5,8H,(H,9,10,11);/q;+1/p-1. The fourth-order valence-corrected chi connectivity index (χ4v) is 3.08. The number of hydrogen-bond acceptors (Lipinski definition) is 5. The summed E-state index contributed by atoms with van der Waals surface area (Å²) >= 11 is 9.45. The molecule has 0 saturated heterocycles. The van der Waals surface area contributed by atoms with Crippen molar-refractivity contribution in [2.75, 3.05) is 0 Å². The summed E-state index contributed by atoms with van der Waals surface area (Å²) in [6.07, 6.45) is 0. The van der Waals surface area contributed by atoms with Gasteiger partial charge in [0.25, 0.3) is 0 Å². The Morgan fingerprint density at radius 3 is 2.43 bits per heavy atom. The molecule has 0 fully saturated rings. The summed E-state index contributed by atoms with van der Waals surface area (Å²) < 4.78 is 31.9. The van der Waals surface area contributed by atoms with E-state index in [1.807, 2.05) is 0 Å². The molecule has 1 aromatic rings. The van der Waals surface area contributed by atoms with Gasteiger partial charge in [0.2, 0.25) is 0 Å². The minimum absolute atomic E-state index is 0. The largest absolute Gasteiger partial charge is 1.00 e. The van der Waals surface area contributed by atoms with E-state index in [1.165, 1.54) is 6.07 Å². The van der Waals surface area contributed by atoms with E-state index < -0.39 is 15.6 Å². The van der Waals surface area contributed by atoms with Crippen LogP contribution in [0.3, 0.4) is 0 Å². The zero-order valence-corrected chi connectivity index (χ0v) is 12.9. The number of hydrogen-bond donors (Lipinski definition) is 1. The van der Waals surface area contributed by atoms with Crippen molar-refractivity contribution in [1.29, 1.82) is 0 Å². The second kappa shape index (κ2) is 5.60. The van der Waals surface area contributed by atoms with Gasteiger partial charge in [-0.05, 0) is 22.0 Å². The molecule has 74 valence electrons. The molecule has 0 saturated carbocycles. The summed E-state index contributed by atoms with van der Waals surface area (Å²) in [6.45, 7) is 0. The van der Waals surface area contributed by atoms with E-state index >= 15 is 0 Å². The molecule has 1 atom stereocenters. The van der Waals surface area contributed by atoms with Crippen LogP contribution in [0.1, 0.15) is 10.3 Å². The normalized spacial score (nSPS) is 13.4. The zero-order chi connectivity index (χ0) is 10.2. The number of rotatable bonds is 2. The molecule has 9 heteroatoms. The van der Waals surface area contributed by atoms with Crippen LogP contribution >= 0.6 is 38.9 Å². The van der Waals surface area contributed by atoms with Gasteiger partial charge in [0.1, 0.15) is 14.5 Å². The number of halogens is 2. The molecule has 4 nitrogen and oxygen atoms in total. The quantitative estimate of drug-likeness (QED) is 0.541. The Bertz CT molecular complexity index is 398. The molecule has 0 aliphatic heterocycles. The molecule has 0 spiro atoms. The SMILES string of the molecule is O=S(=O)([O-])C(O)c1cc(Br)c(Cl)s1.[Na+]. The van der Waals surface area contributed by atoms with Crippen molar-refractivity contribution in [3.8, 4) is 0 Å². The first-order chi connectivity index (χ1) is 5.82. The predicted octanol–water partition coefficient (Wildman–Crippen LogP) is -1.30. The van der Waals surface area contributed by atoms with Crippen LogP contribution in [0, 0.1) is 0 Å². The van der Waals surface area contributed by atoms with Crippen molar-refractivity contribution >= 4 is 49.0 Å². The summed E-state index contributed by atoms with van der Waals surface area (Å²) in [5.74, 6) is 0. The van der Waals surface area contributed by atoms with Gasteiger partial charge in [-0.15, -0.1) is 11.3 Å². The van der Waals surface area contributed by atoms with Gasteiger partial charge in [-0.25, -0.2) is 8.42 Å². The maximum absolute atomic E-state index is 10.4. The molecule has 1 unspecified atom stereocenters. The van der Waals surface area contributed by atoms with Crippen LogP contribution in [-0.2, 0) is 10.1 Å². The molecule has 1 N–H and O–H groups in total. The summed E-state index contributed by atoms with van der Waals surface area (Å²) in [6, 6.07) is 1.30. The van der Waals surface area contributed by atoms with Crippen molar-refractivity contribution in [2.24, 2.45) is 0 Å². The molecule has 1 heterocycles. The molecule has 0 bridgehead atoms. The molecular formula is C5H3BrClNaO4S2. The predicted molar refractivity (Wildman–Crippen MR) is 51.7 cm³/mol. The third-order valence-electron chi connectivity index (χ3n) is 1.18. The van der Waals surface area contributed by atoms with Crippen LogP contribution in [-0.4, -0.2) is 18.1 Å². The zero-order valence-electron chi connectivity index (χ0n) is 6.90. The molecule has 1 rings (SSSR count). The topological polar surface area (TPSA) is 77.4 Å². The third kappa shape index (κ3) is 3.73. The Hall–Kier alpha value is 1.34. The molecule has 0 aromatic carbocycles. The van der Waals surface area contributed by atoms with Gasteiger partial charge in [0.15, 0.2) is 5.44 Å². The molecule has 1 aromatic heterocycles. The monoisotopic (exact) mass is 328 g/mol. The van der Waals surface area contributed by atoms with Crippen molar-refractivity contribution < 1.29 is 47.6 Å². The van der Waals surface area contributed by atoms with E-state index in [1.54, 1.807) is 0 Å². The smallest absolute Gasteiger partial charge is 0.746 e. The Labute approximate surface area is 120 Å². The van der Waals surface area contributed by atoms with Gasteiger partial charge in [-0.1, -0.05) is 11.6 Å². The Balaban J connectivity index is 0.00000169. The fraction of sp³-hybridized carbons (Fsp3) is 0.200. The van der Waals surface area contributed by atoms with Gasteiger partial charge < -0.3 is 9.66 Å². The molecule has 0 aliphatic carbocycles. The van der Waals surface area contributed by atoms with E-state index in [-0.39, 0.29) is 38.8 Å². The summed E-state index contributed by atoms with van der Waals surface area (Å²) in [7, 11) is -4.72. The van der Waals surface area contributed by atoms with Gasteiger partial charge >= 0.3 is 29.6 Å². The molecular weight excluding hydrogens is 327 g/mol. The van der Waals surface area contributed by atoms with Crippen LogP contribution in [0.5, 0.6) is 0 Å². The van der Waals surface area contributed by atoms with E-state index in [4.69, 9.17) is 16.7 Å². The Morgan fingerprint density at radius 2 is 2.14 bits per heavy atom. The number of aliphatic hydroxyl groups is 1. The van der Waals surface area contributed by atoms with E-state index in [0.29, 0.717) is 4.47 Å². The molecule has 0 radical (unpaired) electrons. The first-order valence-corrected chi connectivity index (χ1v) is 6.36. The summed E-state index contributed by atoms with van der Waals surface area (Å²) in [4.78, 5) is 0.00637. The van der Waals surface area contributed by atoms with E-state index in [0.717, 1.165) is 11.3 Å². The summed E-state index contributed by atoms with van der Waals surface area (Å²) in [5, 5.41) is 9.03. The maximum Gasteiger partial charge on any atom is 1.00 e. The van der Waals surface area contributed by atoms with Crippen molar-refractivity contribution in [1.82, 2.24) is 0 Å². The van der Waals surface area contributed by atoms with Gasteiger partial charge in [-0.2, -0.15) is 0 Å². The molecule has 14 heavy (non-hydrogen) atoms. The minimum Gasteiger partial charge on any atom is -0.746 e. The maximum atomic E-state index is 10.4. The first-order valence-electron chi connectivity index (χ1n) is 2.90. The average Bonchev–Trinajstić information content (AvgIpc) is 2.29. The molecule has 0 aliphatic rings. The van der Waals surface area contributed by atoms with Crippen molar-refractivity contribution in [2.45, 2.75) is 5.44 Å². The van der Waals surface area contributed by atoms with Crippen LogP contribution < -0.4 is 29.6 Å². The van der Waals surface area contributed by atoms with E-state index in [9.17, 15) is 13.0 Å². The van der Waals surface area contributed by atoms with Gasteiger partial charge in [0, 0.05) is 9.35 Å². The van der Waals surface area contributed by atoms with Gasteiger partial charge in [-0.3, -0.25) is 0 Å². The van der Waals surface area contributed by atoms with E-state index in [2.05, 4.69) is 15.9 Å². The summed E-state index contributed by atoms with van der Waals surface area (Å²) in [5.41, 5.74) is -2.04. The van der Waals surface area contributed by atoms with Gasteiger partial charge in [0.05, 0.1) is 0 Å². The van der Waals surface area contributed by atoms with Crippen LogP contribution in [0.2, 0.25) is 4.34 Å². The van der Waals surface area contributed by atoms with Crippen molar-refractivity contribution in [3.05, 3.63) is 19.8 Å². The molecule has 0 amide bonds. The van der Waals surface area contributed by atoms with Crippen LogP contribution in [0.25, 0.3) is 0 Å². The second-order valence-electron chi connectivity index (χ2n) is 2.12. The minimum atomic E-state index is -4.72. The number of thiophene rings is 1. The van der Waals surface area contributed by atoms with Crippen LogP contribution in [0.15, 0.2) is 10.5 Å². The Kier molecular flexibility index (Phi) is 6.14. The first kappa shape index (κ1) is 15.3. The third-order valence-corrected chi connectivity index (χ3v) is 4.66.